The topological polar surface area (TPSA) is 3.24 Å². The average molecular weight is 231 g/mol. The number of hydrogen-bond donors (Lipinski definition) is 0. The molecular formula is C16H25N. The van der Waals surface area contributed by atoms with E-state index in [4.69, 9.17) is 0 Å². The van der Waals surface area contributed by atoms with Crippen LogP contribution in [0.1, 0.15) is 45.1 Å². The second-order valence-electron chi connectivity index (χ2n) is 4.47. The highest BCUT2D eigenvalue weighted by atomic mass is 15.1. The van der Waals surface area contributed by atoms with E-state index in [1.54, 1.807) is 0 Å². The molecule has 0 saturated heterocycles. The molecule has 0 aliphatic heterocycles. The van der Waals surface area contributed by atoms with Gasteiger partial charge in [0.05, 0.1) is 0 Å². The minimum absolute atomic E-state index is 1.18. The molecule has 0 saturated carbocycles. The second kappa shape index (κ2) is 8.86. The van der Waals surface area contributed by atoms with Crippen molar-refractivity contribution in [2.24, 2.45) is 0 Å². The van der Waals surface area contributed by atoms with Crippen molar-refractivity contribution in [3.8, 4) is 0 Å². The predicted octanol–water partition coefficient (Wildman–Crippen LogP) is 4.56. The van der Waals surface area contributed by atoms with Crippen LogP contribution < -0.4 is 0 Å². The summed E-state index contributed by atoms with van der Waals surface area (Å²) < 4.78 is 0. The van der Waals surface area contributed by atoms with Crippen molar-refractivity contribution in [2.75, 3.05) is 13.1 Å². The third-order valence-corrected chi connectivity index (χ3v) is 2.88. The molecule has 0 amide bonds. The second-order valence-corrected chi connectivity index (χ2v) is 4.47. The van der Waals surface area contributed by atoms with Gasteiger partial charge in [-0.05, 0) is 30.7 Å². The Hall–Kier alpha value is -1.24. The van der Waals surface area contributed by atoms with Crippen LogP contribution in [0, 0.1) is 0 Å². The lowest BCUT2D eigenvalue weighted by Gasteiger charge is -2.19. The molecule has 0 radical (unpaired) electrons. The molecule has 0 aliphatic carbocycles. The Morgan fingerprint density at radius 3 is 2.06 bits per heavy atom. The number of unbranched alkanes of at least 4 members (excludes halogenated alkanes) is 2. The van der Waals surface area contributed by atoms with E-state index in [1.165, 1.54) is 44.3 Å². The van der Waals surface area contributed by atoms with Crippen LogP contribution in [0.15, 0.2) is 36.5 Å². The van der Waals surface area contributed by atoms with Gasteiger partial charge in [0.2, 0.25) is 0 Å². The van der Waals surface area contributed by atoms with E-state index in [0.717, 1.165) is 0 Å². The summed E-state index contributed by atoms with van der Waals surface area (Å²) in [7, 11) is 0. The Labute approximate surface area is 106 Å². The zero-order chi connectivity index (χ0) is 12.3. The Morgan fingerprint density at radius 2 is 1.53 bits per heavy atom. The molecule has 0 unspecified atom stereocenters. The zero-order valence-corrected chi connectivity index (χ0v) is 11.2. The van der Waals surface area contributed by atoms with Gasteiger partial charge >= 0.3 is 0 Å². The maximum absolute atomic E-state index is 2.44. The molecule has 1 nitrogen and oxygen atoms in total. The predicted molar refractivity (Wildman–Crippen MR) is 76.9 cm³/mol. The molecule has 0 aliphatic rings. The molecule has 1 aromatic rings. The van der Waals surface area contributed by atoms with Crippen LogP contribution in [0.4, 0.5) is 0 Å². The maximum atomic E-state index is 2.44. The highest BCUT2D eigenvalue weighted by Crippen LogP contribution is 2.05. The van der Waals surface area contributed by atoms with Gasteiger partial charge in [0, 0.05) is 13.1 Å². The number of hydrogen-bond acceptors (Lipinski definition) is 1. The quantitative estimate of drug-likeness (QED) is 0.634. The standard InChI is InChI=1S/C16H25N/c1-3-5-13-17(14-6-4-2)15-12-16-10-8-7-9-11-16/h7-12,15H,3-6,13-14H2,1-2H3/b15-12+. The van der Waals surface area contributed by atoms with Crippen LogP contribution in [0.3, 0.4) is 0 Å². The first-order chi connectivity index (χ1) is 8.36. The summed E-state index contributed by atoms with van der Waals surface area (Å²) >= 11 is 0. The van der Waals surface area contributed by atoms with E-state index < -0.39 is 0 Å². The van der Waals surface area contributed by atoms with Gasteiger partial charge in [-0.15, -0.1) is 0 Å². The lowest BCUT2D eigenvalue weighted by atomic mass is 10.2. The van der Waals surface area contributed by atoms with E-state index >= 15 is 0 Å². The first kappa shape index (κ1) is 13.8. The molecule has 0 fully saturated rings. The van der Waals surface area contributed by atoms with Gasteiger partial charge in [0.25, 0.3) is 0 Å². The number of benzene rings is 1. The molecule has 0 spiro atoms. The fraction of sp³-hybridized carbons (Fsp3) is 0.500. The summed E-state index contributed by atoms with van der Waals surface area (Å²) in [5, 5.41) is 0. The van der Waals surface area contributed by atoms with Gasteiger partial charge in [-0.25, -0.2) is 0 Å². The smallest absolute Gasteiger partial charge is 0.0172 e. The Morgan fingerprint density at radius 1 is 0.941 bits per heavy atom. The monoisotopic (exact) mass is 231 g/mol. The van der Waals surface area contributed by atoms with Gasteiger partial charge in [-0.3, -0.25) is 0 Å². The molecule has 1 aromatic carbocycles. The Bertz CT molecular complexity index is 295. The summed E-state index contributed by atoms with van der Waals surface area (Å²) in [5.41, 5.74) is 1.28. The van der Waals surface area contributed by atoms with Gasteiger partial charge < -0.3 is 4.90 Å². The van der Waals surface area contributed by atoms with Gasteiger partial charge in [-0.2, -0.15) is 0 Å². The van der Waals surface area contributed by atoms with Gasteiger partial charge in [-0.1, -0.05) is 57.0 Å². The zero-order valence-electron chi connectivity index (χ0n) is 11.2. The Balaban J connectivity index is 2.49. The van der Waals surface area contributed by atoms with Crippen molar-refractivity contribution in [1.82, 2.24) is 4.90 Å². The number of rotatable bonds is 8. The highest BCUT2D eigenvalue weighted by Gasteiger charge is 1.97. The summed E-state index contributed by atoms with van der Waals surface area (Å²) in [4.78, 5) is 2.44. The number of nitrogens with zero attached hydrogens (tertiary/aromatic N) is 1. The first-order valence-electron chi connectivity index (χ1n) is 6.84. The molecule has 17 heavy (non-hydrogen) atoms. The Kier molecular flexibility index (Phi) is 7.20. The lowest BCUT2D eigenvalue weighted by Crippen LogP contribution is -2.19. The van der Waals surface area contributed by atoms with Gasteiger partial charge in [0.1, 0.15) is 0 Å². The van der Waals surface area contributed by atoms with Crippen LogP contribution in [-0.4, -0.2) is 18.0 Å². The van der Waals surface area contributed by atoms with E-state index in [0.29, 0.717) is 0 Å². The molecule has 1 heteroatoms. The largest absolute Gasteiger partial charge is 0.377 e. The van der Waals surface area contributed by atoms with Crippen molar-refractivity contribution >= 4 is 6.08 Å². The molecule has 1 rings (SSSR count). The minimum Gasteiger partial charge on any atom is -0.377 e. The van der Waals surface area contributed by atoms with Crippen molar-refractivity contribution < 1.29 is 0 Å². The molecule has 0 bridgehead atoms. The molecule has 0 atom stereocenters. The van der Waals surface area contributed by atoms with Crippen molar-refractivity contribution in [2.45, 2.75) is 39.5 Å². The highest BCUT2D eigenvalue weighted by molar-refractivity contribution is 5.48. The van der Waals surface area contributed by atoms with Crippen LogP contribution in [0.25, 0.3) is 6.08 Å². The van der Waals surface area contributed by atoms with E-state index in [2.05, 4.69) is 61.4 Å². The fourth-order valence-corrected chi connectivity index (χ4v) is 1.74. The summed E-state index contributed by atoms with van der Waals surface area (Å²) in [6.45, 7) is 6.86. The molecule has 94 valence electrons. The maximum Gasteiger partial charge on any atom is 0.0172 e. The van der Waals surface area contributed by atoms with Crippen LogP contribution in [-0.2, 0) is 0 Å². The molecule has 0 aromatic heterocycles. The molecular weight excluding hydrogens is 206 g/mol. The van der Waals surface area contributed by atoms with Crippen LogP contribution in [0.2, 0.25) is 0 Å². The van der Waals surface area contributed by atoms with Crippen molar-refractivity contribution in [3.05, 3.63) is 42.1 Å². The van der Waals surface area contributed by atoms with Crippen molar-refractivity contribution in [3.63, 3.8) is 0 Å². The summed E-state index contributed by atoms with van der Waals surface area (Å²) in [5.74, 6) is 0. The normalized spacial score (nSPS) is 10.9. The molecule has 0 N–H and O–H groups in total. The minimum atomic E-state index is 1.18. The SMILES string of the molecule is CCCCN(/C=C/c1ccccc1)CCCC. The van der Waals surface area contributed by atoms with E-state index in [-0.39, 0.29) is 0 Å². The molecule has 0 heterocycles. The third kappa shape index (κ3) is 6.15. The fourth-order valence-electron chi connectivity index (χ4n) is 1.74. The third-order valence-electron chi connectivity index (χ3n) is 2.88. The average Bonchev–Trinajstić information content (AvgIpc) is 2.39. The summed E-state index contributed by atoms with van der Waals surface area (Å²) in [6, 6.07) is 10.5. The summed E-state index contributed by atoms with van der Waals surface area (Å²) in [6.07, 6.45) is 9.56. The van der Waals surface area contributed by atoms with Crippen LogP contribution in [0.5, 0.6) is 0 Å². The lowest BCUT2D eigenvalue weighted by molar-refractivity contribution is 0.362. The van der Waals surface area contributed by atoms with Gasteiger partial charge in [0.15, 0.2) is 0 Å². The van der Waals surface area contributed by atoms with E-state index in [9.17, 15) is 0 Å². The van der Waals surface area contributed by atoms with Crippen molar-refractivity contribution in [1.29, 1.82) is 0 Å². The van der Waals surface area contributed by atoms with Crippen LogP contribution >= 0.6 is 0 Å². The van der Waals surface area contributed by atoms with E-state index in [1.807, 2.05) is 0 Å². The first-order valence-corrected chi connectivity index (χ1v) is 6.84.